The SMILES string of the molecule is CCCCCC/C=C\C/C=C\CCCCCCCC(=O)OCC(O)COP(=O)(O)OCCNC(=O)CCCCCCCCCCCCCCC/C=C/CCCCCCCC. The fraction of sp³-hybridized carbons (Fsp3) is 0.840. The fourth-order valence-electron chi connectivity index (χ4n) is 6.99. The number of nitrogens with one attached hydrogen (secondary N) is 1. The number of phosphoric ester groups is 1. The average Bonchev–Trinajstić information content (AvgIpc) is 3.23. The van der Waals surface area contributed by atoms with Crippen molar-refractivity contribution in [3.63, 3.8) is 0 Å². The topological polar surface area (TPSA) is 131 Å². The van der Waals surface area contributed by atoms with Crippen LogP contribution < -0.4 is 5.32 Å². The van der Waals surface area contributed by atoms with Gasteiger partial charge in [-0.1, -0.05) is 192 Å². The van der Waals surface area contributed by atoms with Crippen molar-refractivity contribution in [3.05, 3.63) is 36.5 Å². The van der Waals surface area contributed by atoms with Crippen LogP contribution in [0.5, 0.6) is 0 Å². The molecule has 0 fully saturated rings. The van der Waals surface area contributed by atoms with Crippen LogP contribution in [0.1, 0.15) is 239 Å². The summed E-state index contributed by atoms with van der Waals surface area (Å²) in [7, 11) is -4.42. The first-order chi connectivity index (χ1) is 29.3. The number of phosphoric acid groups is 1. The highest BCUT2D eigenvalue weighted by atomic mass is 31.2. The van der Waals surface area contributed by atoms with E-state index in [-0.39, 0.29) is 32.1 Å². The third-order valence-electron chi connectivity index (χ3n) is 10.8. The van der Waals surface area contributed by atoms with Gasteiger partial charge in [-0.3, -0.25) is 18.6 Å². The molecule has 0 aromatic heterocycles. The van der Waals surface area contributed by atoms with E-state index in [4.69, 9.17) is 13.8 Å². The molecule has 60 heavy (non-hydrogen) atoms. The lowest BCUT2D eigenvalue weighted by molar-refractivity contribution is -0.147. The third kappa shape index (κ3) is 47.3. The van der Waals surface area contributed by atoms with Crippen LogP contribution >= 0.6 is 7.82 Å². The van der Waals surface area contributed by atoms with Gasteiger partial charge in [-0.2, -0.15) is 0 Å². The lowest BCUT2D eigenvalue weighted by atomic mass is 10.0. The Morgan fingerprint density at radius 3 is 1.37 bits per heavy atom. The van der Waals surface area contributed by atoms with Crippen LogP contribution in [-0.2, 0) is 27.9 Å². The summed E-state index contributed by atoms with van der Waals surface area (Å²) in [6.07, 6.45) is 53.7. The highest BCUT2D eigenvalue weighted by Crippen LogP contribution is 2.42. The largest absolute Gasteiger partial charge is 0.472 e. The average molecular weight is 868 g/mol. The quantitative estimate of drug-likeness (QED) is 0.0238. The van der Waals surface area contributed by atoms with Crippen LogP contribution in [0.4, 0.5) is 0 Å². The Kier molecular flexibility index (Phi) is 45.3. The van der Waals surface area contributed by atoms with Crippen molar-refractivity contribution in [1.82, 2.24) is 5.32 Å². The molecule has 352 valence electrons. The molecule has 0 aromatic rings. The number of aliphatic hydroxyl groups is 1. The standard InChI is InChI=1S/C50H94NO8P/c1-3-5-7-9-11-13-15-17-19-21-22-23-24-25-26-27-28-30-32-34-36-38-40-42-49(53)51-44-45-58-60(55,56)59-47-48(52)46-57-50(54)43-41-39-37-35-33-31-29-20-18-16-14-12-10-8-6-4-2/h14,16-17,19-20,29,48,52H,3-13,15,18,21-28,30-47H2,1-2H3,(H,51,53)(H,55,56)/b16-14-,19-17+,29-20-. The zero-order valence-electron chi connectivity index (χ0n) is 38.9. The molecule has 0 bridgehead atoms. The minimum atomic E-state index is -4.42. The van der Waals surface area contributed by atoms with Gasteiger partial charge in [-0.15, -0.1) is 0 Å². The number of carbonyl (C=O) groups is 2. The van der Waals surface area contributed by atoms with Crippen LogP contribution in [0.25, 0.3) is 0 Å². The molecular formula is C50H94NO8P. The lowest BCUT2D eigenvalue weighted by Gasteiger charge is -2.15. The number of amides is 1. The van der Waals surface area contributed by atoms with Gasteiger partial charge in [0.25, 0.3) is 0 Å². The van der Waals surface area contributed by atoms with Gasteiger partial charge in [0.05, 0.1) is 13.2 Å². The zero-order chi connectivity index (χ0) is 43.9. The maximum Gasteiger partial charge on any atom is 0.472 e. The first-order valence-corrected chi connectivity index (χ1v) is 26.5. The summed E-state index contributed by atoms with van der Waals surface area (Å²) in [5.41, 5.74) is 0. The molecule has 0 spiro atoms. The minimum Gasteiger partial charge on any atom is -0.463 e. The van der Waals surface area contributed by atoms with E-state index < -0.39 is 26.5 Å². The smallest absolute Gasteiger partial charge is 0.463 e. The third-order valence-corrected chi connectivity index (χ3v) is 11.8. The van der Waals surface area contributed by atoms with Gasteiger partial charge in [0, 0.05) is 19.4 Å². The summed E-state index contributed by atoms with van der Waals surface area (Å²) in [5.74, 6) is -0.524. The van der Waals surface area contributed by atoms with Gasteiger partial charge in [-0.05, 0) is 70.6 Å². The molecule has 0 aliphatic heterocycles. The van der Waals surface area contributed by atoms with Gasteiger partial charge in [-0.25, -0.2) is 4.57 Å². The second-order valence-corrected chi connectivity index (χ2v) is 18.2. The van der Waals surface area contributed by atoms with E-state index in [9.17, 15) is 24.2 Å². The number of hydrogen-bond acceptors (Lipinski definition) is 7. The van der Waals surface area contributed by atoms with Crippen molar-refractivity contribution < 1.29 is 37.9 Å². The minimum absolute atomic E-state index is 0.0812. The Bertz CT molecular complexity index is 1080. The predicted octanol–water partition coefficient (Wildman–Crippen LogP) is 14.5. The summed E-state index contributed by atoms with van der Waals surface area (Å²) in [4.78, 5) is 34.0. The fourth-order valence-corrected chi connectivity index (χ4v) is 7.75. The van der Waals surface area contributed by atoms with Crippen molar-refractivity contribution in [2.45, 2.75) is 245 Å². The number of unbranched alkanes of at least 4 members (excludes halogenated alkanes) is 28. The molecule has 0 aliphatic carbocycles. The van der Waals surface area contributed by atoms with E-state index in [1.54, 1.807) is 0 Å². The Hall–Kier alpha value is -1.77. The van der Waals surface area contributed by atoms with E-state index in [0.717, 1.165) is 64.2 Å². The Balaban J connectivity index is 3.55. The molecule has 0 aliphatic rings. The second-order valence-electron chi connectivity index (χ2n) is 16.8. The Labute approximate surface area is 369 Å². The van der Waals surface area contributed by atoms with Crippen LogP contribution in [0.3, 0.4) is 0 Å². The number of aliphatic hydroxyl groups excluding tert-OH is 1. The van der Waals surface area contributed by atoms with Crippen LogP contribution in [0, 0.1) is 0 Å². The molecule has 0 heterocycles. The van der Waals surface area contributed by atoms with Crippen molar-refractivity contribution in [2.75, 3.05) is 26.4 Å². The van der Waals surface area contributed by atoms with Gasteiger partial charge in [0.2, 0.25) is 5.91 Å². The lowest BCUT2D eigenvalue weighted by Crippen LogP contribution is -2.27. The van der Waals surface area contributed by atoms with Crippen LogP contribution in [-0.4, -0.2) is 54.3 Å². The van der Waals surface area contributed by atoms with Gasteiger partial charge < -0.3 is 20.1 Å². The number of hydrogen-bond donors (Lipinski definition) is 3. The number of ether oxygens (including phenoxy) is 1. The molecule has 0 radical (unpaired) electrons. The van der Waals surface area contributed by atoms with Crippen molar-refractivity contribution in [3.8, 4) is 0 Å². The van der Waals surface area contributed by atoms with Crippen molar-refractivity contribution in [1.29, 1.82) is 0 Å². The first kappa shape index (κ1) is 58.2. The maximum absolute atomic E-state index is 12.1. The summed E-state index contributed by atoms with van der Waals surface area (Å²) >= 11 is 0. The number of allylic oxidation sites excluding steroid dienone is 6. The normalized spacial score (nSPS) is 13.5. The van der Waals surface area contributed by atoms with E-state index in [0.29, 0.717) is 6.42 Å². The molecular weight excluding hydrogens is 774 g/mol. The van der Waals surface area contributed by atoms with E-state index >= 15 is 0 Å². The number of rotatable bonds is 47. The monoisotopic (exact) mass is 868 g/mol. The molecule has 10 heteroatoms. The van der Waals surface area contributed by atoms with Gasteiger partial charge >= 0.3 is 13.8 Å². The highest BCUT2D eigenvalue weighted by molar-refractivity contribution is 7.47. The summed E-state index contributed by atoms with van der Waals surface area (Å²) < 4.78 is 26.9. The summed E-state index contributed by atoms with van der Waals surface area (Å²) in [5, 5.41) is 12.7. The molecule has 0 rings (SSSR count). The zero-order valence-corrected chi connectivity index (χ0v) is 39.8. The Morgan fingerprint density at radius 1 is 0.517 bits per heavy atom. The molecule has 2 unspecified atom stereocenters. The van der Waals surface area contributed by atoms with E-state index in [1.807, 2.05) is 0 Å². The highest BCUT2D eigenvalue weighted by Gasteiger charge is 2.23. The first-order valence-electron chi connectivity index (χ1n) is 25.0. The summed E-state index contributed by atoms with van der Waals surface area (Å²) in [6, 6.07) is 0. The van der Waals surface area contributed by atoms with Crippen LogP contribution in [0.15, 0.2) is 36.5 Å². The number of esters is 1. The maximum atomic E-state index is 12.1. The number of carbonyl (C=O) groups excluding carboxylic acids is 2. The van der Waals surface area contributed by atoms with Gasteiger partial charge in [0.1, 0.15) is 12.7 Å². The van der Waals surface area contributed by atoms with Gasteiger partial charge in [0.15, 0.2) is 0 Å². The molecule has 9 nitrogen and oxygen atoms in total. The van der Waals surface area contributed by atoms with Crippen molar-refractivity contribution in [2.24, 2.45) is 0 Å². The molecule has 2 atom stereocenters. The summed E-state index contributed by atoms with van der Waals surface area (Å²) in [6.45, 7) is 3.54. The van der Waals surface area contributed by atoms with Crippen molar-refractivity contribution >= 4 is 19.7 Å². The predicted molar refractivity (Wildman–Crippen MR) is 252 cm³/mol. The molecule has 1 amide bonds. The Morgan fingerprint density at radius 2 is 0.900 bits per heavy atom. The van der Waals surface area contributed by atoms with E-state index in [1.165, 1.54) is 148 Å². The molecule has 0 saturated heterocycles. The molecule has 0 aromatic carbocycles. The molecule has 0 saturated carbocycles. The molecule has 3 N–H and O–H groups in total. The van der Waals surface area contributed by atoms with E-state index in [2.05, 4.69) is 55.6 Å². The van der Waals surface area contributed by atoms with Crippen LogP contribution in [0.2, 0.25) is 0 Å². The second kappa shape index (κ2) is 46.7.